The van der Waals surface area contributed by atoms with Gasteiger partial charge in [-0.15, -0.1) is 0 Å². The highest BCUT2D eigenvalue weighted by Crippen LogP contribution is 2.63. The molecule has 110 valence electrons. The van der Waals surface area contributed by atoms with Gasteiger partial charge in [0.25, 0.3) is 0 Å². The lowest BCUT2D eigenvalue weighted by Gasteiger charge is -2.31. The molecule has 1 spiro atoms. The van der Waals surface area contributed by atoms with Crippen molar-refractivity contribution in [2.45, 2.75) is 56.9 Å². The first-order valence-corrected chi connectivity index (χ1v) is 6.55. The van der Waals surface area contributed by atoms with Crippen LogP contribution >= 0.6 is 0 Å². The maximum Gasteiger partial charge on any atom is 0.391 e. The summed E-state index contributed by atoms with van der Waals surface area (Å²) in [5.74, 6) is -2.14. The molecule has 3 nitrogen and oxygen atoms in total. The molecule has 3 atom stereocenters. The molecule has 3 unspecified atom stereocenters. The zero-order chi connectivity index (χ0) is 14.5. The number of carbonyl (C=O) groups is 1. The van der Waals surface area contributed by atoms with Crippen molar-refractivity contribution in [2.75, 3.05) is 7.11 Å². The second-order valence-corrected chi connectivity index (χ2v) is 5.81. The first-order valence-electron chi connectivity index (χ1n) is 6.55. The topological polar surface area (TPSA) is 38.8 Å². The van der Waals surface area contributed by atoms with Gasteiger partial charge in [-0.3, -0.25) is 0 Å². The van der Waals surface area contributed by atoms with Crippen molar-refractivity contribution >= 4 is 5.97 Å². The fourth-order valence-electron chi connectivity index (χ4n) is 3.49. The minimum Gasteiger partial charge on any atom is -0.467 e. The Labute approximate surface area is 110 Å². The molecule has 0 aromatic heterocycles. The fourth-order valence-corrected chi connectivity index (χ4v) is 3.49. The summed E-state index contributed by atoms with van der Waals surface area (Å²) in [5, 5.41) is 0. The number of halogens is 3. The van der Waals surface area contributed by atoms with Crippen molar-refractivity contribution in [1.29, 1.82) is 0 Å². The number of carbonyl (C=O) groups excluding carboxylic acids is 1. The molecule has 0 bridgehead atoms. The number of hydrogen-bond acceptors (Lipinski definition) is 3. The summed E-state index contributed by atoms with van der Waals surface area (Å²) in [4.78, 5) is 11.9. The van der Waals surface area contributed by atoms with Crippen LogP contribution < -0.4 is 0 Å². The van der Waals surface area contributed by atoms with Crippen LogP contribution in [0, 0.1) is 11.8 Å². The molecule has 1 aliphatic heterocycles. The second-order valence-electron chi connectivity index (χ2n) is 5.81. The Morgan fingerprint density at radius 3 is 2.53 bits per heavy atom. The van der Waals surface area contributed by atoms with Gasteiger partial charge in [-0.05, 0) is 31.6 Å². The number of ether oxygens (including phenoxy) is 2. The minimum atomic E-state index is -4.22. The third kappa shape index (κ3) is 2.04. The van der Waals surface area contributed by atoms with E-state index in [1.807, 2.05) is 0 Å². The van der Waals surface area contributed by atoms with E-state index in [4.69, 9.17) is 9.47 Å². The van der Waals surface area contributed by atoms with Crippen LogP contribution in [0.2, 0.25) is 0 Å². The number of epoxide rings is 1. The Morgan fingerprint density at radius 2 is 2.05 bits per heavy atom. The maximum atomic E-state index is 12.9. The molecule has 2 rings (SSSR count). The smallest absolute Gasteiger partial charge is 0.391 e. The normalized spacial score (nSPS) is 38.6. The van der Waals surface area contributed by atoms with Gasteiger partial charge >= 0.3 is 12.1 Å². The van der Waals surface area contributed by atoms with Crippen LogP contribution in [0.5, 0.6) is 0 Å². The average molecular weight is 280 g/mol. The molecule has 6 heteroatoms. The van der Waals surface area contributed by atoms with Crippen LogP contribution in [0.1, 0.15) is 39.5 Å². The van der Waals surface area contributed by atoms with Crippen molar-refractivity contribution in [2.24, 2.45) is 11.8 Å². The van der Waals surface area contributed by atoms with Crippen LogP contribution in [-0.2, 0) is 14.3 Å². The van der Waals surface area contributed by atoms with E-state index in [1.54, 1.807) is 13.8 Å². The van der Waals surface area contributed by atoms with Gasteiger partial charge in [0.05, 0.1) is 13.0 Å². The van der Waals surface area contributed by atoms with E-state index < -0.39 is 29.3 Å². The average Bonchev–Trinajstić information content (AvgIpc) is 2.96. The highest BCUT2D eigenvalue weighted by Gasteiger charge is 2.77. The highest BCUT2D eigenvalue weighted by molar-refractivity contribution is 5.85. The summed E-state index contributed by atoms with van der Waals surface area (Å²) < 4.78 is 49.0. The third-order valence-electron chi connectivity index (χ3n) is 4.47. The van der Waals surface area contributed by atoms with Crippen LogP contribution in [0.3, 0.4) is 0 Å². The molecule has 1 saturated heterocycles. The number of hydrogen-bond donors (Lipinski definition) is 0. The van der Waals surface area contributed by atoms with E-state index >= 15 is 0 Å². The summed E-state index contributed by atoms with van der Waals surface area (Å²) in [6.45, 7) is 3.56. The lowest BCUT2D eigenvalue weighted by atomic mass is 9.71. The molecule has 2 aliphatic rings. The lowest BCUT2D eigenvalue weighted by Crippen LogP contribution is -2.44. The predicted molar refractivity (Wildman–Crippen MR) is 61.4 cm³/mol. The molecule has 2 fully saturated rings. The van der Waals surface area contributed by atoms with Crippen LogP contribution in [0.4, 0.5) is 13.2 Å². The molecule has 0 N–H and O–H groups in total. The van der Waals surface area contributed by atoms with E-state index in [1.165, 1.54) is 7.11 Å². The number of rotatable bonds is 2. The quantitative estimate of drug-likeness (QED) is 0.576. The first-order chi connectivity index (χ1) is 8.69. The van der Waals surface area contributed by atoms with Gasteiger partial charge < -0.3 is 9.47 Å². The molecule has 0 amide bonds. The molecule has 1 aliphatic carbocycles. The molecule has 0 aromatic rings. The second kappa shape index (κ2) is 4.36. The van der Waals surface area contributed by atoms with E-state index in [0.29, 0.717) is 12.8 Å². The molecule has 19 heavy (non-hydrogen) atoms. The number of alkyl halides is 3. The Kier molecular flexibility index (Phi) is 3.36. The van der Waals surface area contributed by atoms with E-state index in [-0.39, 0.29) is 18.8 Å². The summed E-state index contributed by atoms with van der Waals surface area (Å²) >= 11 is 0. The predicted octanol–water partition coefficient (Wildman–Crippen LogP) is 3.08. The number of methoxy groups -OCH3 is 1. The van der Waals surface area contributed by atoms with Crippen molar-refractivity contribution in [3.63, 3.8) is 0 Å². The highest BCUT2D eigenvalue weighted by atomic mass is 19.4. The van der Waals surface area contributed by atoms with Gasteiger partial charge in [0.2, 0.25) is 0 Å². The van der Waals surface area contributed by atoms with E-state index in [9.17, 15) is 18.0 Å². The van der Waals surface area contributed by atoms with E-state index in [0.717, 1.165) is 0 Å². The van der Waals surface area contributed by atoms with Crippen LogP contribution in [-0.4, -0.2) is 30.5 Å². The zero-order valence-corrected chi connectivity index (χ0v) is 11.3. The summed E-state index contributed by atoms with van der Waals surface area (Å²) in [6.07, 6.45) is -3.32. The van der Waals surface area contributed by atoms with Crippen molar-refractivity contribution in [3.8, 4) is 0 Å². The summed E-state index contributed by atoms with van der Waals surface area (Å²) in [7, 11) is 1.24. The Hall–Kier alpha value is -0.780. The monoisotopic (exact) mass is 280 g/mol. The molecule has 1 saturated carbocycles. The van der Waals surface area contributed by atoms with E-state index in [2.05, 4.69) is 0 Å². The first kappa shape index (κ1) is 14.6. The third-order valence-corrected chi connectivity index (χ3v) is 4.47. The van der Waals surface area contributed by atoms with Gasteiger partial charge in [-0.25, -0.2) is 4.79 Å². The summed E-state index contributed by atoms with van der Waals surface area (Å²) in [5.41, 5.74) is -2.17. The standard InChI is InChI=1S/C13H19F3O3/c1-8(2)12(10(17)18-3)11(19-12)6-4-5-9(7-11)13(14,15)16/h8-9H,4-7H2,1-3H3. The van der Waals surface area contributed by atoms with Gasteiger partial charge in [-0.2, -0.15) is 13.2 Å². The molecule has 1 heterocycles. The molecule has 0 aromatic carbocycles. The Bertz CT molecular complexity index is 380. The van der Waals surface area contributed by atoms with Crippen molar-refractivity contribution in [3.05, 3.63) is 0 Å². The molecular formula is C13H19F3O3. The Morgan fingerprint density at radius 1 is 1.42 bits per heavy atom. The van der Waals surface area contributed by atoms with Crippen molar-refractivity contribution < 1.29 is 27.4 Å². The molecule has 0 radical (unpaired) electrons. The summed E-state index contributed by atoms with van der Waals surface area (Å²) in [6, 6.07) is 0. The molecular weight excluding hydrogens is 261 g/mol. The van der Waals surface area contributed by atoms with Gasteiger partial charge in [0.15, 0.2) is 5.60 Å². The number of esters is 1. The van der Waals surface area contributed by atoms with Crippen LogP contribution in [0.25, 0.3) is 0 Å². The lowest BCUT2D eigenvalue weighted by molar-refractivity contribution is -0.187. The fraction of sp³-hybridized carbons (Fsp3) is 0.923. The SMILES string of the molecule is COC(=O)C1(C(C)C)OC12CCCC(C(F)(F)F)C2. The van der Waals surface area contributed by atoms with Crippen molar-refractivity contribution in [1.82, 2.24) is 0 Å². The zero-order valence-electron chi connectivity index (χ0n) is 11.3. The van der Waals surface area contributed by atoms with Crippen LogP contribution in [0.15, 0.2) is 0 Å². The largest absolute Gasteiger partial charge is 0.467 e. The minimum absolute atomic E-state index is 0.115. The van der Waals surface area contributed by atoms with Gasteiger partial charge in [0, 0.05) is 0 Å². The van der Waals surface area contributed by atoms with Gasteiger partial charge in [0.1, 0.15) is 5.60 Å². The maximum absolute atomic E-state index is 12.9. The van der Waals surface area contributed by atoms with Gasteiger partial charge in [-0.1, -0.05) is 13.8 Å². The Balaban J connectivity index is 2.23.